The van der Waals surface area contributed by atoms with Crippen LogP contribution in [0.25, 0.3) is 0 Å². The van der Waals surface area contributed by atoms with E-state index < -0.39 is 29.4 Å². The predicted molar refractivity (Wildman–Crippen MR) is 50.4 cm³/mol. The van der Waals surface area contributed by atoms with Gasteiger partial charge in [0.2, 0.25) is 5.95 Å². The molecule has 0 atom stereocenters. The number of pyridine rings is 1. The van der Waals surface area contributed by atoms with Crippen LogP contribution < -0.4 is 5.73 Å². The van der Waals surface area contributed by atoms with Crippen LogP contribution in [0.3, 0.4) is 0 Å². The first-order valence-electron chi connectivity index (χ1n) is 3.37. The van der Waals surface area contributed by atoms with Crippen LogP contribution in [0.5, 0.6) is 0 Å². The summed E-state index contributed by atoms with van der Waals surface area (Å²) >= 11 is 1.47. The van der Waals surface area contributed by atoms with Crippen molar-refractivity contribution in [3.63, 3.8) is 0 Å². The third kappa shape index (κ3) is 2.14. The van der Waals surface area contributed by atoms with Crippen molar-refractivity contribution in [1.29, 1.82) is 0 Å². The fraction of sp³-hybridized carbons (Fsp3) is 0.143. The van der Waals surface area contributed by atoms with Gasteiger partial charge in [-0.1, -0.05) is 0 Å². The van der Waals surface area contributed by atoms with Crippen LogP contribution in [0.4, 0.5) is 13.2 Å². The quantitative estimate of drug-likeness (QED) is 0.669. The van der Waals surface area contributed by atoms with E-state index in [-0.39, 0.29) is 3.70 Å². The molecule has 7 heteroatoms. The molecule has 76 valence electrons. The zero-order valence-corrected chi connectivity index (χ0v) is 8.76. The molecule has 0 saturated heterocycles. The summed E-state index contributed by atoms with van der Waals surface area (Å²) in [6.07, 6.45) is -2.96. The Bertz CT molecular complexity index is 383. The van der Waals surface area contributed by atoms with E-state index in [0.717, 1.165) is 0 Å². The summed E-state index contributed by atoms with van der Waals surface area (Å²) in [6, 6.07) is 0.507. The first-order chi connectivity index (χ1) is 6.43. The second-order valence-electron chi connectivity index (χ2n) is 2.36. The normalized spacial score (nSPS) is 10.6. The number of halogens is 4. The lowest BCUT2D eigenvalue weighted by molar-refractivity contribution is 0.0984. The van der Waals surface area contributed by atoms with Crippen molar-refractivity contribution in [3.8, 4) is 0 Å². The molecule has 0 aliphatic carbocycles. The third-order valence-electron chi connectivity index (χ3n) is 1.46. The van der Waals surface area contributed by atoms with Crippen molar-refractivity contribution in [2.45, 2.75) is 6.43 Å². The van der Waals surface area contributed by atoms with Gasteiger partial charge in [0.1, 0.15) is 3.70 Å². The van der Waals surface area contributed by atoms with E-state index in [0.29, 0.717) is 6.07 Å². The summed E-state index contributed by atoms with van der Waals surface area (Å²) < 4.78 is 37.2. The number of nitrogens with zero attached hydrogens (tertiary/aromatic N) is 1. The molecule has 1 aromatic rings. The minimum atomic E-state index is -2.96. The van der Waals surface area contributed by atoms with Crippen molar-refractivity contribution in [2.75, 3.05) is 0 Å². The molecule has 0 unspecified atom stereocenters. The Morgan fingerprint density at radius 1 is 1.57 bits per heavy atom. The van der Waals surface area contributed by atoms with Gasteiger partial charge in [-0.15, -0.1) is 0 Å². The monoisotopic (exact) mass is 316 g/mol. The van der Waals surface area contributed by atoms with Crippen molar-refractivity contribution in [2.24, 2.45) is 5.73 Å². The molecule has 1 amide bonds. The van der Waals surface area contributed by atoms with Gasteiger partial charge in [-0.05, 0) is 22.6 Å². The van der Waals surface area contributed by atoms with Crippen molar-refractivity contribution >= 4 is 28.5 Å². The van der Waals surface area contributed by atoms with E-state index in [2.05, 4.69) is 4.98 Å². The molecule has 2 N–H and O–H groups in total. The Hall–Kier alpha value is -0.860. The van der Waals surface area contributed by atoms with Crippen molar-refractivity contribution in [1.82, 2.24) is 4.98 Å². The molecule has 1 rings (SSSR count). The third-order valence-corrected chi connectivity index (χ3v) is 2.24. The first kappa shape index (κ1) is 11.2. The Labute approximate surface area is 90.6 Å². The molecule has 0 bridgehead atoms. The largest absolute Gasteiger partial charge is 0.366 e. The average molecular weight is 316 g/mol. The van der Waals surface area contributed by atoms with Crippen molar-refractivity contribution < 1.29 is 18.0 Å². The molecule has 0 fully saturated rings. The van der Waals surface area contributed by atoms with Crippen LogP contribution >= 0.6 is 22.6 Å². The smallest absolute Gasteiger partial charge is 0.264 e. The lowest BCUT2D eigenvalue weighted by atomic mass is 10.1. The first-order valence-corrected chi connectivity index (χ1v) is 4.45. The highest BCUT2D eigenvalue weighted by atomic mass is 127. The number of aromatic nitrogens is 1. The van der Waals surface area contributed by atoms with E-state index >= 15 is 0 Å². The minimum absolute atomic E-state index is 0.162. The van der Waals surface area contributed by atoms with E-state index in [1.165, 1.54) is 22.6 Å². The molecule has 1 heterocycles. The van der Waals surface area contributed by atoms with E-state index in [1.807, 2.05) is 0 Å². The Morgan fingerprint density at radius 2 is 2.14 bits per heavy atom. The molecular formula is C7H4F3IN2O. The zero-order valence-electron chi connectivity index (χ0n) is 6.60. The highest BCUT2D eigenvalue weighted by molar-refractivity contribution is 14.1. The molecule has 0 aromatic carbocycles. The van der Waals surface area contributed by atoms with Crippen LogP contribution in [0.2, 0.25) is 0 Å². The number of hydrogen-bond donors (Lipinski definition) is 1. The van der Waals surface area contributed by atoms with Gasteiger partial charge in [-0.3, -0.25) is 4.79 Å². The molecule has 0 spiro atoms. The van der Waals surface area contributed by atoms with Gasteiger partial charge in [-0.2, -0.15) is 4.39 Å². The number of rotatable bonds is 2. The topological polar surface area (TPSA) is 56.0 Å². The van der Waals surface area contributed by atoms with Gasteiger partial charge >= 0.3 is 0 Å². The van der Waals surface area contributed by atoms with E-state index in [4.69, 9.17) is 5.73 Å². The van der Waals surface area contributed by atoms with Gasteiger partial charge in [0.15, 0.2) is 0 Å². The number of amides is 1. The molecule has 0 aliphatic heterocycles. The fourth-order valence-corrected chi connectivity index (χ4v) is 1.73. The summed E-state index contributed by atoms with van der Waals surface area (Å²) in [4.78, 5) is 14.0. The van der Waals surface area contributed by atoms with Crippen molar-refractivity contribution in [3.05, 3.63) is 26.8 Å². The van der Waals surface area contributed by atoms with E-state index in [1.54, 1.807) is 0 Å². The standard InChI is InChI=1S/C7H4F3IN2O/c8-3-1-2(5(9)10)4(7(12)14)6(11)13-3/h1,5H,(H2,12,14). The summed E-state index contributed by atoms with van der Waals surface area (Å²) in [5, 5.41) is 0. The minimum Gasteiger partial charge on any atom is -0.366 e. The number of alkyl halides is 2. The summed E-state index contributed by atoms with van der Waals surface area (Å²) in [7, 11) is 0. The van der Waals surface area contributed by atoms with Crippen LogP contribution in [0, 0.1) is 9.65 Å². The van der Waals surface area contributed by atoms with Gasteiger partial charge in [0.05, 0.1) is 5.56 Å². The van der Waals surface area contributed by atoms with Crippen LogP contribution in [-0.2, 0) is 0 Å². The molecule has 0 aliphatic rings. The molecule has 0 saturated carbocycles. The van der Waals surface area contributed by atoms with Crippen LogP contribution in [-0.4, -0.2) is 10.9 Å². The molecular weight excluding hydrogens is 312 g/mol. The SMILES string of the molecule is NC(=O)c1c(C(F)F)cc(F)nc1I. The maximum atomic E-state index is 12.6. The van der Waals surface area contributed by atoms with E-state index in [9.17, 15) is 18.0 Å². The highest BCUT2D eigenvalue weighted by Gasteiger charge is 2.21. The molecule has 1 aromatic heterocycles. The van der Waals surface area contributed by atoms with Crippen LogP contribution in [0.1, 0.15) is 22.3 Å². The molecule has 0 radical (unpaired) electrons. The lowest BCUT2D eigenvalue weighted by Crippen LogP contribution is -2.17. The maximum Gasteiger partial charge on any atom is 0.264 e. The van der Waals surface area contributed by atoms with Gasteiger partial charge in [0.25, 0.3) is 12.3 Å². The number of carbonyl (C=O) groups excluding carboxylic acids is 1. The summed E-state index contributed by atoms with van der Waals surface area (Å²) in [5.74, 6) is -2.10. The van der Waals surface area contributed by atoms with Gasteiger partial charge < -0.3 is 5.73 Å². The Morgan fingerprint density at radius 3 is 2.57 bits per heavy atom. The fourth-order valence-electron chi connectivity index (χ4n) is 0.918. The number of hydrogen-bond acceptors (Lipinski definition) is 2. The molecule has 14 heavy (non-hydrogen) atoms. The number of carbonyl (C=O) groups is 1. The van der Waals surface area contributed by atoms with Gasteiger partial charge in [-0.25, -0.2) is 13.8 Å². The predicted octanol–water partition coefficient (Wildman–Crippen LogP) is 1.86. The Kier molecular flexibility index (Phi) is 3.29. The summed E-state index contributed by atoms with van der Waals surface area (Å²) in [5.41, 5.74) is 3.71. The second-order valence-corrected chi connectivity index (χ2v) is 3.39. The second kappa shape index (κ2) is 4.11. The average Bonchev–Trinajstić information content (AvgIpc) is 2.01. The molecule has 3 nitrogen and oxygen atoms in total. The Balaban J connectivity index is 3.44. The number of nitrogens with two attached hydrogens (primary N) is 1. The zero-order chi connectivity index (χ0) is 10.9. The summed E-state index contributed by atoms with van der Waals surface area (Å²) in [6.45, 7) is 0. The number of primary amides is 1. The van der Waals surface area contributed by atoms with Gasteiger partial charge in [0, 0.05) is 11.6 Å². The maximum absolute atomic E-state index is 12.6. The lowest BCUT2D eigenvalue weighted by Gasteiger charge is -2.06. The van der Waals surface area contributed by atoms with Crippen LogP contribution in [0.15, 0.2) is 6.07 Å². The highest BCUT2D eigenvalue weighted by Crippen LogP contribution is 2.25.